The van der Waals surface area contributed by atoms with Gasteiger partial charge in [0.2, 0.25) is 0 Å². The van der Waals surface area contributed by atoms with Crippen LogP contribution in [0.3, 0.4) is 0 Å². The molecule has 0 atom stereocenters. The van der Waals surface area contributed by atoms with E-state index in [1.54, 1.807) is 0 Å². The van der Waals surface area contributed by atoms with Gasteiger partial charge in [0.05, 0.1) is 6.61 Å². The number of rotatable bonds is 6. The molecule has 84 valence electrons. The number of hydrogen-bond donors (Lipinski definition) is 1. The first kappa shape index (κ1) is 12.6. The van der Waals surface area contributed by atoms with Gasteiger partial charge in [-0.2, -0.15) is 11.8 Å². The number of benzene rings is 1. The summed E-state index contributed by atoms with van der Waals surface area (Å²) < 4.78 is 0. The molecule has 0 heterocycles. The van der Waals surface area contributed by atoms with E-state index >= 15 is 0 Å². The second kappa shape index (κ2) is 6.88. The molecule has 2 nitrogen and oxygen atoms in total. The summed E-state index contributed by atoms with van der Waals surface area (Å²) in [5.74, 6) is 1.17. The van der Waals surface area contributed by atoms with Crippen molar-refractivity contribution >= 4 is 11.8 Å². The molecule has 3 heteroatoms. The van der Waals surface area contributed by atoms with Crippen molar-refractivity contribution < 1.29 is 5.11 Å². The molecule has 0 saturated heterocycles. The van der Waals surface area contributed by atoms with Gasteiger partial charge in [0, 0.05) is 18.8 Å². The highest BCUT2D eigenvalue weighted by molar-refractivity contribution is 7.98. The first-order valence-corrected chi connectivity index (χ1v) is 6.52. The van der Waals surface area contributed by atoms with E-state index in [-0.39, 0.29) is 6.61 Å². The molecule has 0 aliphatic heterocycles. The summed E-state index contributed by atoms with van der Waals surface area (Å²) in [6.07, 6.45) is 2.13. The minimum atomic E-state index is 0.128. The Morgan fingerprint density at radius 3 is 2.33 bits per heavy atom. The number of thioether (sulfide) groups is 1. The molecule has 0 aliphatic carbocycles. The van der Waals surface area contributed by atoms with Crippen molar-refractivity contribution in [1.29, 1.82) is 0 Å². The highest BCUT2D eigenvalue weighted by atomic mass is 32.2. The largest absolute Gasteiger partial charge is 0.392 e. The smallest absolute Gasteiger partial charge is 0.0681 e. The van der Waals surface area contributed by atoms with Gasteiger partial charge in [-0.3, -0.25) is 0 Å². The van der Waals surface area contributed by atoms with Gasteiger partial charge in [-0.15, -0.1) is 0 Å². The molecule has 0 unspecified atom stereocenters. The Bertz CT molecular complexity index is 273. The summed E-state index contributed by atoms with van der Waals surface area (Å²) in [6, 6.07) is 8.14. The average Bonchev–Trinajstić information content (AvgIpc) is 2.27. The van der Waals surface area contributed by atoms with Crippen molar-refractivity contribution in [1.82, 2.24) is 4.90 Å². The summed E-state index contributed by atoms with van der Waals surface area (Å²) in [4.78, 5) is 2.31. The molecule has 1 aromatic carbocycles. The Kier molecular flexibility index (Phi) is 5.76. The molecule has 1 aromatic rings. The molecule has 0 fully saturated rings. The van der Waals surface area contributed by atoms with E-state index < -0.39 is 0 Å². The van der Waals surface area contributed by atoms with Crippen molar-refractivity contribution in [3.63, 3.8) is 0 Å². The number of hydrogen-bond acceptors (Lipinski definition) is 3. The van der Waals surface area contributed by atoms with Crippen LogP contribution < -0.4 is 0 Å². The lowest BCUT2D eigenvalue weighted by Gasteiger charge is -2.15. The van der Waals surface area contributed by atoms with Crippen LogP contribution in [0.4, 0.5) is 0 Å². The fraction of sp³-hybridized carbons (Fsp3) is 0.500. The lowest BCUT2D eigenvalue weighted by atomic mass is 10.1. The van der Waals surface area contributed by atoms with Gasteiger partial charge in [0.25, 0.3) is 0 Å². The zero-order valence-electron chi connectivity index (χ0n) is 9.44. The third-order valence-electron chi connectivity index (χ3n) is 2.34. The van der Waals surface area contributed by atoms with Crippen LogP contribution in [0.1, 0.15) is 11.1 Å². The Labute approximate surface area is 96.3 Å². The van der Waals surface area contributed by atoms with Gasteiger partial charge in [-0.1, -0.05) is 24.3 Å². The van der Waals surface area contributed by atoms with E-state index in [2.05, 4.69) is 30.3 Å². The van der Waals surface area contributed by atoms with Crippen LogP contribution in [-0.4, -0.2) is 35.6 Å². The third-order valence-corrected chi connectivity index (χ3v) is 2.93. The second-order valence-electron chi connectivity index (χ2n) is 3.71. The predicted molar refractivity (Wildman–Crippen MR) is 67.1 cm³/mol. The molecule has 0 aliphatic rings. The lowest BCUT2D eigenvalue weighted by molar-refractivity contribution is 0.281. The SMILES string of the molecule is CSCCN(C)Cc1ccc(CO)cc1. The van der Waals surface area contributed by atoms with Crippen molar-refractivity contribution in [2.75, 3.05) is 25.6 Å². The summed E-state index contributed by atoms with van der Waals surface area (Å²) >= 11 is 1.87. The Balaban J connectivity index is 2.42. The van der Waals surface area contributed by atoms with Gasteiger partial charge in [0.1, 0.15) is 0 Å². The summed E-state index contributed by atoms with van der Waals surface area (Å²) in [7, 11) is 2.14. The van der Waals surface area contributed by atoms with E-state index in [0.717, 1.165) is 18.7 Å². The van der Waals surface area contributed by atoms with Crippen LogP contribution in [-0.2, 0) is 13.2 Å². The van der Waals surface area contributed by atoms with Crippen LogP contribution in [0.15, 0.2) is 24.3 Å². The maximum atomic E-state index is 8.91. The number of aliphatic hydroxyl groups excluding tert-OH is 1. The normalized spacial score (nSPS) is 10.9. The van der Waals surface area contributed by atoms with Gasteiger partial charge in [-0.05, 0) is 24.4 Å². The van der Waals surface area contributed by atoms with E-state index in [4.69, 9.17) is 5.11 Å². The Morgan fingerprint density at radius 1 is 1.20 bits per heavy atom. The molecular weight excluding hydrogens is 206 g/mol. The highest BCUT2D eigenvalue weighted by Crippen LogP contribution is 2.07. The van der Waals surface area contributed by atoms with E-state index in [0.29, 0.717) is 0 Å². The molecular formula is C12H19NOS. The summed E-state index contributed by atoms with van der Waals surface area (Å²) in [5, 5.41) is 8.91. The molecule has 1 N–H and O–H groups in total. The van der Waals surface area contributed by atoms with Gasteiger partial charge >= 0.3 is 0 Å². The molecule has 1 rings (SSSR count). The first-order chi connectivity index (χ1) is 7.26. The second-order valence-corrected chi connectivity index (χ2v) is 4.69. The Hall–Kier alpha value is -0.510. The molecule has 0 radical (unpaired) electrons. The first-order valence-electron chi connectivity index (χ1n) is 5.12. The third kappa shape index (κ3) is 4.69. The van der Waals surface area contributed by atoms with E-state index in [9.17, 15) is 0 Å². The fourth-order valence-electron chi connectivity index (χ4n) is 1.39. The summed E-state index contributed by atoms with van der Waals surface area (Å²) in [5.41, 5.74) is 2.28. The van der Waals surface area contributed by atoms with Gasteiger partial charge in [-0.25, -0.2) is 0 Å². The van der Waals surface area contributed by atoms with Crippen molar-refractivity contribution in [3.05, 3.63) is 35.4 Å². The van der Waals surface area contributed by atoms with E-state index in [1.807, 2.05) is 23.9 Å². The lowest BCUT2D eigenvalue weighted by Crippen LogP contribution is -2.20. The van der Waals surface area contributed by atoms with Crippen LogP contribution in [0.25, 0.3) is 0 Å². The molecule has 0 spiro atoms. The van der Waals surface area contributed by atoms with Crippen molar-refractivity contribution in [3.8, 4) is 0 Å². The standard InChI is InChI=1S/C12H19NOS/c1-13(7-8-15-2)9-11-3-5-12(10-14)6-4-11/h3-6,14H,7-10H2,1-2H3. The fourth-order valence-corrected chi connectivity index (χ4v) is 1.88. The number of nitrogens with zero attached hydrogens (tertiary/aromatic N) is 1. The zero-order valence-corrected chi connectivity index (χ0v) is 10.3. The molecule has 0 amide bonds. The maximum Gasteiger partial charge on any atom is 0.0681 e. The molecule has 0 bridgehead atoms. The van der Waals surface area contributed by atoms with Crippen LogP contribution in [0, 0.1) is 0 Å². The van der Waals surface area contributed by atoms with Gasteiger partial charge < -0.3 is 10.0 Å². The number of aliphatic hydroxyl groups is 1. The highest BCUT2D eigenvalue weighted by Gasteiger charge is 1.99. The summed E-state index contributed by atoms with van der Waals surface area (Å²) in [6.45, 7) is 2.22. The quantitative estimate of drug-likeness (QED) is 0.801. The van der Waals surface area contributed by atoms with Crippen LogP contribution in [0.2, 0.25) is 0 Å². The topological polar surface area (TPSA) is 23.5 Å². The van der Waals surface area contributed by atoms with Crippen molar-refractivity contribution in [2.45, 2.75) is 13.2 Å². The van der Waals surface area contributed by atoms with Crippen molar-refractivity contribution in [2.24, 2.45) is 0 Å². The molecule has 0 aromatic heterocycles. The monoisotopic (exact) mass is 225 g/mol. The minimum Gasteiger partial charge on any atom is -0.392 e. The zero-order chi connectivity index (χ0) is 11.1. The van der Waals surface area contributed by atoms with Crippen LogP contribution >= 0.6 is 11.8 Å². The molecule has 15 heavy (non-hydrogen) atoms. The minimum absolute atomic E-state index is 0.128. The van der Waals surface area contributed by atoms with E-state index in [1.165, 1.54) is 11.3 Å². The van der Waals surface area contributed by atoms with Crippen LogP contribution in [0.5, 0.6) is 0 Å². The molecule has 0 saturated carbocycles. The predicted octanol–water partition coefficient (Wildman–Crippen LogP) is 1.97. The maximum absolute atomic E-state index is 8.91. The van der Waals surface area contributed by atoms with Gasteiger partial charge in [0.15, 0.2) is 0 Å². The average molecular weight is 225 g/mol. The Morgan fingerprint density at radius 2 is 1.80 bits per heavy atom.